The van der Waals surface area contributed by atoms with E-state index in [0.29, 0.717) is 17.3 Å². The van der Waals surface area contributed by atoms with Gasteiger partial charge in [0.15, 0.2) is 0 Å². The third kappa shape index (κ3) is 10.5. The molecule has 266 valence electrons. The zero-order valence-corrected chi connectivity index (χ0v) is 31.7. The molecule has 0 spiro atoms. The van der Waals surface area contributed by atoms with Crippen molar-refractivity contribution in [2.75, 3.05) is 0 Å². The van der Waals surface area contributed by atoms with Crippen LogP contribution < -0.4 is 0 Å². The second-order valence-electron chi connectivity index (χ2n) is 17.3. The Morgan fingerprint density at radius 2 is 1.53 bits per heavy atom. The van der Waals surface area contributed by atoms with E-state index in [1.165, 1.54) is 83.5 Å². The minimum Gasteiger partial charge on any atom is -0.462 e. The highest BCUT2D eigenvalue weighted by molar-refractivity contribution is 5.69. The number of hydrogen-bond acceptors (Lipinski definition) is 2. The lowest BCUT2D eigenvalue weighted by molar-refractivity contribution is -0.151. The van der Waals surface area contributed by atoms with E-state index >= 15 is 0 Å². The molecular weight excluding hydrogens is 572 g/mol. The standard InChI is InChI=1S/C45H74O2/c1-7-8-9-10-11-12-13-14-15-16-17-18-19-20-21-25-43(46)47-38-30-32-44(5)37(34-38)26-27-39-41-29-28-40(36(4)24-22-23-35(2)3)45(41,6)33-31-42(39)44/h11-12,14-15,17-18,26,35-36,38-42H,7-10,13,16,19-25,27-34H2,1-6H3. The molecule has 0 bridgehead atoms. The van der Waals surface area contributed by atoms with Gasteiger partial charge >= 0.3 is 5.97 Å². The highest BCUT2D eigenvalue weighted by atomic mass is 16.5. The SMILES string of the molecule is CCCCCC=CCC=CCC=CCCCCC(=O)OC1CCC2(C)C(=CCC3C2CCC2(C)C(C(C)CCCC(C)C)CCC32)C1. The summed E-state index contributed by atoms with van der Waals surface area (Å²) in [6.07, 6.45) is 41.7. The highest BCUT2D eigenvalue weighted by Crippen LogP contribution is 2.67. The molecule has 0 aromatic carbocycles. The van der Waals surface area contributed by atoms with Crippen LogP contribution in [0.4, 0.5) is 0 Å². The van der Waals surface area contributed by atoms with Gasteiger partial charge in [-0.1, -0.05) is 122 Å². The molecule has 0 N–H and O–H groups in total. The molecule has 8 atom stereocenters. The topological polar surface area (TPSA) is 26.3 Å². The lowest BCUT2D eigenvalue weighted by Crippen LogP contribution is -2.51. The molecular formula is C45H74O2. The van der Waals surface area contributed by atoms with Crippen molar-refractivity contribution in [1.29, 1.82) is 0 Å². The quantitative estimate of drug-likeness (QED) is 0.0793. The number of fused-ring (bicyclic) bond motifs is 5. The number of esters is 1. The molecule has 47 heavy (non-hydrogen) atoms. The lowest BCUT2D eigenvalue weighted by atomic mass is 9.47. The molecule has 0 amide bonds. The fourth-order valence-corrected chi connectivity index (χ4v) is 10.8. The van der Waals surface area contributed by atoms with Gasteiger partial charge in [0, 0.05) is 12.8 Å². The average molecular weight is 647 g/mol. The molecule has 4 rings (SSSR count). The molecule has 2 heteroatoms. The first-order chi connectivity index (χ1) is 22.7. The highest BCUT2D eigenvalue weighted by Gasteiger charge is 2.59. The predicted molar refractivity (Wildman–Crippen MR) is 202 cm³/mol. The Morgan fingerprint density at radius 3 is 2.23 bits per heavy atom. The van der Waals surface area contributed by atoms with Gasteiger partial charge in [0.1, 0.15) is 6.10 Å². The van der Waals surface area contributed by atoms with Crippen LogP contribution in [0.15, 0.2) is 48.1 Å². The zero-order valence-electron chi connectivity index (χ0n) is 31.7. The molecule has 4 aliphatic carbocycles. The molecule has 0 aromatic heterocycles. The van der Waals surface area contributed by atoms with Crippen LogP contribution in [0.1, 0.15) is 176 Å². The number of hydrogen-bond donors (Lipinski definition) is 0. The number of carbonyl (C=O) groups is 1. The van der Waals surface area contributed by atoms with E-state index in [9.17, 15) is 4.79 Å². The van der Waals surface area contributed by atoms with Gasteiger partial charge in [-0.15, -0.1) is 0 Å². The van der Waals surface area contributed by atoms with Gasteiger partial charge in [-0.2, -0.15) is 0 Å². The van der Waals surface area contributed by atoms with Gasteiger partial charge in [-0.3, -0.25) is 4.79 Å². The van der Waals surface area contributed by atoms with Crippen molar-refractivity contribution in [3.63, 3.8) is 0 Å². The molecule has 4 aliphatic rings. The molecule has 0 radical (unpaired) electrons. The molecule has 8 unspecified atom stereocenters. The largest absolute Gasteiger partial charge is 0.462 e. The maximum absolute atomic E-state index is 12.8. The summed E-state index contributed by atoms with van der Waals surface area (Å²) >= 11 is 0. The summed E-state index contributed by atoms with van der Waals surface area (Å²) < 4.78 is 6.10. The summed E-state index contributed by atoms with van der Waals surface area (Å²) in [6, 6.07) is 0. The number of unbranched alkanes of at least 4 members (excludes halogenated alkanes) is 5. The summed E-state index contributed by atoms with van der Waals surface area (Å²) in [5.74, 6) is 5.25. The van der Waals surface area contributed by atoms with Crippen LogP contribution in [0.2, 0.25) is 0 Å². The molecule has 2 nitrogen and oxygen atoms in total. The Morgan fingerprint density at radius 1 is 0.830 bits per heavy atom. The van der Waals surface area contributed by atoms with Gasteiger partial charge in [0.2, 0.25) is 0 Å². The smallest absolute Gasteiger partial charge is 0.306 e. The maximum Gasteiger partial charge on any atom is 0.306 e. The monoisotopic (exact) mass is 647 g/mol. The molecule has 0 saturated heterocycles. The molecule has 0 aliphatic heterocycles. The van der Waals surface area contributed by atoms with Crippen LogP contribution >= 0.6 is 0 Å². The van der Waals surface area contributed by atoms with E-state index < -0.39 is 0 Å². The Bertz CT molecular complexity index is 1060. The van der Waals surface area contributed by atoms with Crippen molar-refractivity contribution >= 4 is 5.97 Å². The van der Waals surface area contributed by atoms with E-state index in [1.807, 2.05) is 0 Å². The summed E-state index contributed by atoms with van der Waals surface area (Å²) in [5, 5.41) is 0. The zero-order chi connectivity index (χ0) is 33.7. The van der Waals surface area contributed by atoms with Gasteiger partial charge in [-0.05, 0) is 136 Å². The predicted octanol–water partition coefficient (Wildman–Crippen LogP) is 13.5. The second-order valence-corrected chi connectivity index (χ2v) is 17.3. The van der Waals surface area contributed by atoms with Gasteiger partial charge < -0.3 is 4.74 Å². The van der Waals surface area contributed by atoms with Crippen molar-refractivity contribution in [3.8, 4) is 0 Å². The van der Waals surface area contributed by atoms with Crippen LogP contribution in [0.25, 0.3) is 0 Å². The van der Waals surface area contributed by atoms with E-state index in [4.69, 9.17) is 4.74 Å². The minimum absolute atomic E-state index is 0.0236. The summed E-state index contributed by atoms with van der Waals surface area (Å²) in [5.41, 5.74) is 2.50. The van der Waals surface area contributed by atoms with E-state index in [-0.39, 0.29) is 12.1 Å². The fraction of sp³-hybridized carbons (Fsp3) is 0.800. The number of ether oxygens (including phenoxy) is 1. The lowest BCUT2D eigenvalue weighted by Gasteiger charge is -2.58. The maximum atomic E-state index is 12.8. The van der Waals surface area contributed by atoms with Crippen LogP contribution in [0.3, 0.4) is 0 Å². The molecule has 0 heterocycles. The third-order valence-corrected chi connectivity index (χ3v) is 13.6. The van der Waals surface area contributed by atoms with Gasteiger partial charge in [0.25, 0.3) is 0 Å². The number of rotatable bonds is 19. The van der Waals surface area contributed by atoms with Gasteiger partial charge in [0.05, 0.1) is 0 Å². The first-order valence-corrected chi connectivity index (χ1v) is 20.5. The molecule has 3 saturated carbocycles. The average Bonchev–Trinajstić information content (AvgIpc) is 3.40. The summed E-state index contributed by atoms with van der Waals surface area (Å²) in [7, 11) is 0. The second kappa shape index (κ2) is 19.0. The summed E-state index contributed by atoms with van der Waals surface area (Å²) in [4.78, 5) is 12.8. The van der Waals surface area contributed by atoms with Crippen molar-refractivity contribution in [3.05, 3.63) is 48.1 Å². The van der Waals surface area contributed by atoms with Crippen LogP contribution in [-0.2, 0) is 9.53 Å². The summed E-state index contributed by atoms with van der Waals surface area (Å²) in [6.45, 7) is 14.9. The third-order valence-electron chi connectivity index (χ3n) is 13.6. The fourth-order valence-electron chi connectivity index (χ4n) is 10.8. The number of allylic oxidation sites excluding steroid dienone is 7. The van der Waals surface area contributed by atoms with E-state index in [2.05, 4.69) is 84.1 Å². The van der Waals surface area contributed by atoms with Crippen LogP contribution in [0, 0.1) is 46.3 Å². The van der Waals surface area contributed by atoms with Gasteiger partial charge in [-0.25, -0.2) is 0 Å². The van der Waals surface area contributed by atoms with E-state index in [1.54, 1.807) is 5.57 Å². The van der Waals surface area contributed by atoms with Crippen molar-refractivity contribution in [2.45, 2.75) is 182 Å². The van der Waals surface area contributed by atoms with E-state index in [0.717, 1.165) is 80.5 Å². The normalized spacial score (nSPS) is 32.9. The Hall–Kier alpha value is -1.57. The Balaban J connectivity index is 1.15. The van der Waals surface area contributed by atoms with Crippen molar-refractivity contribution in [1.82, 2.24) is 0 Å². The van der Waals surface area contributed by atoms with Crippen LogP contribution in [0.5, 0.6) is 0 Å². The molecule has 0 aromatic rings. The number of carbonyl (C=O) groups excluding carboxylic acids is 1. The Kier molecular flexibility index (Phi) is 15.4. The van der Waals surface area contributed by atoms with Crippen molar-refractivity contribution < 1.29 is 9.53 Å². The Labute approximate surface area is 291 Å². The van der Waals surface area contributed by atoms with Crippen molar-refractivity contribution in [2.24, 2.45) is 46.3 Å². The first-order valence-electron chi connectivity index (χ1n) is 20.5. The van der Waals surface area contributed by atoms with Crippen LogP contribution in [-0.4, -0.2) is 12.1 Å². The minimum atomic E-state index is 0.0236. The first kappa shape index (κ1) is 38.2. The molecule has 3 fully saturated rings.